The number of amides is 2. The molecular formula is C19H27NO7. The van der Waals surface area contributed by atoms with Gasteiger partial charge in [0.25, 0.3) is 0 Å². The number of carbonyl (C=O) groups excluding carboxylic acids is 2. The van der Waals surface area contributed by atoms with E-state index in [2.05, 4.69) is 4.74 Å². The Bertz CT molecular complexity index is 718. The van der Waals surface area contributed by atoms with Gasteiger partial charge in [-0.05, 0) is 37.5 Å². The molecule has 2 rings (SSSR count). The van der Waals surface area contributed by atoms with Crippen LogP contribution in [0.25, 0.3) is 0 Å². The molecule has 1 aromatic carbocycles. The lowest BCUT2D eigenvalue weighted by atomic mass is 9.72. The molecule has 0 heterocycles. The van der Waals surface area contributed by atoms with Crippen LogP contribution in [0.1, 0.15) is 31.7 Å². The van der Waals surface area contributed by atoms with E-state index in [0.717, 1.165) is 4.90 Å². The number of hydrogen-bond acceptors (Lipinski definition) is 7. The fourth-order valence-electron chi connectivity index (χ4n) is 3.71. The van der Waals surface area contributed by atoms with Gasteiger partial charge in [0.1, 0.15) is 0 Å². The number of nitrogens with zero attached hydrogens (tertiary/aromatic N) is 1. The van der Waals surface area contributed by atoms with Crippen LogP contribution in [0.3, 0.4) is 0 Å². The molecule has 2 N–H and O–H groups in total. The Balaban J connectivity index is 2.50. The first-order valence-electron chi connectivity index (χ1n) is 8.60. The van der Waals surface area contributed by atoms with Crippen molar-refractivity contribution in [3.05, 3.63) is 23.8 Å². The molecule has 0 aliphatic heterocycles. The minimum absolute atomic E-state index is 0.175. The van der Waals surface area contributed by atoms with E-state index in [1.165, 1.54) is 35.3 Å². The van der Waals surface area contributed by atoms with E-state index >= 15 is 0 Å². The first-order chi connectivity index (χ1) is 12.6. The highest BCUT2D eigenvalue weighted by Crippen LogP contribution is 2.50. The van der Waals surface area contributed by atoms with E-state index in [0.29, 0.717) is 29.9 Å². The normalized spacial score (nSPS) is 27.1. The molecule has 0 bridgehead atoms. The summed E-state index contributed by atoms with van der Waals surface area (Å²) in [6.07, 6.45) is -1.51. The molecular weight excluding hydrogens is 354 g/mol. The van der Waals surface area contributed by atoms with Gasteiger partial charge in [0.2, 0.25) is 5.91 Å². The lowest BCUT2D eigenvalue weighted by Crippen LogP contribution is -2.48. The van der Waals surface area contributed by atoms with Gasteiger partial charge in [0.15, 0.2) is 11.5 Å². The van der Waals surface area contributed by atoms with Crippen molar-refractivity contribution >= 4 is 12.0 Å². The molecule has 0 aromatic heterocycles. The van der Waals surface area contributed by atoms with Gasteiger partial charge in [0.05, 0.1) is 33.0 Å². The average molecular weight is 381 g/mol. The fraction of sp³-hybridized carbons (Fsp3) is 0.579. The summed E-state index contributed by atoms with van der Waals surface area (Å²) in [4.78, 5) is 25.2. The Labute approximate surface area is 158 Å². The molecule has 3 atom stereocenters. The molecule has 1 unspecified atom stereocenters. The van der Waals surface area contributed by atoms with Crippen molar-refractivity contribution in [2.24, 2.45) is 0 Å². The SMILES string of the molecule is COC(=O)N(C)C(=O)C[C@]1(c2ccc(OC)c(OC)c2)CCC(C)(O)[C@@H]1O. The van der Waals surface area contributed by atoms with Gasteiger partial charge in [0, 0.05) is 18.9 Å². The molecule has 0 spiro atoms. The van der Waals surface area contributed by atoms with Gasteiger partial charge in [-0.2, -0.15) is 0 Å². The van der Waals surface area contributed by atoms with Crippen molar-refractivity contribution in [1.29, 1.82) is 0 Å². The lowest BCUT2D eigenvalue weighted by Gasteiger charge is -2.37. The highest BCUT2D eigenvalue weighted by atomic mass is 16.5. The molecule has 2 amide bonds. The number of ether oxygens (including phenoxy) is 3. The molecule has 150 valence electrons. The van der Waals surface area contributed by atoms with Gasteiger partial charge in [-0.15, -0.1) is 0 Å². The third-order valence-electron chi connectivity index (χ3n) is 5.44. The van der Waals surface area contributed by atoms with E-state index in [9.17, 15) is 19.8 Å². The second-order valence-electron chi connectivity index (χ2n) is 7.09. The lowest BCUT2D eigenvalue weighted by molar-refractivity contribution is -0.132. The van der Waals surface area contributed by atoms with Crippen LogP contribution in [0.5, 0.6) is 11.5 Å². The number of aliphatic hydroxyl groups is 2. The molecule has 0 radical (unpaired) electrons. The summed E-state index contributed by atoms with van der Waals surface area (Å²) in [5.41, 5.74) is -1.82. The maximum absolute atomic E-state index is 12.7. The van der Waals surface area contributed by atoms with Gasteiger partial charge < -0.3 is 24.4 Å². The molecule has 1 fully saturated rings. The zero-order valence-electron chi connectivity index (χ0n) is 16.3. The van der Waals surface area contributed by atoms with E-state index in [4.69, 9.17) is 9.47 Å². The zero-order chi connectivity index (χ0) is 20.4. The fourth-order valence-corrected chi connectivity index (χ4v) is 3.71. The van der Waals surface area contributed by atoms with E-state index in [-0.39, 0.29) is 6.42 Å². The summed E-state index contributed by atoms with van der Waals surface area (Å²) >= 11 is 0. The second kappa shape index (κ2) is 7.74. The molecule has 1 aliphatic carbocycles. The molecule has 1 aliphatic rings. The molecule has 8 heteroatoms. The second-order valence-corrected chi connectivity index (χ2v) is 7.09. The Morgan fingerprint density at radius 1 is 1.19 bits per heavy atom. The topological polar surface area (TPSA) is 106 Å². The highest BCUT2D eigenvalue weighted by molar-refractivity contribution is 5.92. The summed E-state index contributed by atoms with van der Waals surface area (Å²) in [5.74, 6) is 0.434. The number of hydrogen-bond donors (Lipinski definition) is 2. The molecule has 1 aromatic rings. The monoisotopic (exact) mass is 381 g/mol. The third-order valence-corrected chi connectivity index (χ3v) is 5.44. The number of methoxy groups -OCH3 is 3. The van der Waals surface area contributed by atoms with Crippen LogP contribution in [-0.4, -0.2) is 67.2 Å². The van der Waals surface area contributed by atoms with Crippen molar-refractivity contribution < 1.29 is 34.0 Å². The first-order valence-corrected chi connectivity index (χ1v) is 8.60. The average Bonchev–Trinajstić information content (AvgIpc) is 2.90. The summed E-state index contributed by atoms with van der Waals surface area (Å²) in [7, 11) is 5.50. The molecule has 27 heavy (non-hydrogen) atoms. The third kappa shape index (κ3) is 3.72. The number of rotatable bonds is 5. The van der Waals surface area contributed by atoms with Crippen molar-refractivity contribution in [2.45, 2.75) is 43.3 Å². The van der Waals surface area contributed by atoms with Crippen molar-refractivity contribution in [3.63, 3.8) is 0 Å². The predicted octanol–water partition coefficient (Wildman–Crippen LogP) is 1.46. The summed E-state index contributed by atoms with van der Waals surface area (Å²) in [6, 6.07) is 5.11. The standard InChI is InChI=1S/C19H27NO7/c1-18(24)8-9-19(16(18)22,11-15(21)20(2)17(23)27-5)12-6-7-13(25-3)14(10-12)26-4/h6-7,10,16,22,24H,8-9,11H2,1-5H3/t16-,18?,19-/m0/s1. The van der Waals surface area contributed by atoms with Crippen LogP contribution in [0.4, 0.5) is 4.79 Å². The van der Waals surface area contributed by atoms with E-state index in [1.807, 2.05) is 0 Å². The van der Waals surface area contributed by atoms with Crippen LogP contribution in [0, 0.1) is 0 Å². The number of aliphatic hydroxyl groups excluding tert-OH is 1. The van der Waals surface area contributed by atoms with Crippen LogP contribution in [0.2, 0.25) is 0 Å². The number of imide groups is 1. The van der Waals surface area contributed by atoms with Crippen molar-refractivity contribution in [1.82, 2.24) is 4.90 Å². The minimum Gasteiger partial charge on any atom is -0.493 e. The summed E-state index contributed by atoms with van der Waals surface area (Å²) in [6.45, 7) is 1.54. The summed E-state index contributed by atoms with van der Waals surface area (Å²) < 4.78 is 15.2. The Kier molecular flexibility index (Phi) is 6.01. The first kappa shape index (κ1) is 21.0. The Morgan fingerprint density at radius 2 is 1.81 bits per heavy atom. The highest BCUT2D eigenvalue weighted by Gasteiger charge is 2.55. The zero-order valence-corrected chi connectivity index (χ0v) is 16.3. The Morgan fingerprint density at radius 3 is 2.30 bits per heavy atom. The van der Waals surface area contributed by atoms with Crippen molar-refractivity contribution in [3.8, 4) is 11.5 Å². The van der Waals surface area contributed by atoms with Crippen molar-refractivity contribution in [2.75, 3.05) is 28.4 Å². The largest absolute Gasteiger partial charge is 0.493 e. The van der Waals surface area contributed by atoms with Gasteiger partial charge in [-0.1, -0.05) is 6.07 Å². The minimum atomic E-state index is -1.36. The maximum Gasteiger partial charge on any atom is 0.415 e. The van der Waals surface area contributed by atoms with Gasteiger partial charge in [-0.3, -0.25) is 9.69 Å². The van der Waals surface area contributed by atoms with Crippen LogP contribution in [-0.2, 0) is 14.9 Å². The summed E-state index contributed by atoms with van der Waals surface area (Å²) in [5, 5.41) is 21.5. The number of carbonyl (C=O) groups is 2. The van der Waals surface area contributed by atoms with Crippen LogP contribution < -0.4 is 9.47 Å². The molecule has 0 saturated heterocycles. The van der Waals surface area contributed by atoms with Crippen LogP contribution in [0.15, 0.2) is 18.2 Å². The van der Waals surface area contributed by atoms with Gasteiger partial charge in [-0.25, -0.2) is 4.79 Å². The van der Waals surface area contributed by atoms with Crippen LogP contribution >= 0.6 is 0 Å². The quantitative estimate of drug-likeness (QED) is 0.795. The molecule has 1 saturated carbocycles. The van der Waals surface area contributed by atoms with Gasteiger partial charge >= 0.3 is 6.09 Å². The maximum atomic E-state index is 12.7. The smallest absolute Gasteiger partial charge is 0.415 e. The molecule has 8 nitrogen and oxygen atoms in total. The van der Waals surface area contributed by atoms with E-state index in [1.54, 1.807) is 18.2 Å². The number of benzene rings is 1. The predicted molar refractivity (Wildman–Crippen MR) is 96.9 cm³/mol. The Hall–Kier alpha value is -2.32. The van der Waals surface area contributed by atoms with E-state index < -0.39 is 29.1 Å².